The second kappa shape index (κ2) is 6.97. The third kappa shape index (κ3) is 4.28. The monoisotopic (exact) mass is 259 g/mol. The standard InChI is InChI=1S/C13H19F2NS/c1-4-9(2)13(16-3)8-17-10-5-6-11(14)12(15)7-10/h5-7,9,13,16H,4,8H2,1-3H3. The molecule has 0 bridgehead atoms. The lowest BCUT2D eigenvalue weighted by molar-refractivity contribution is 0.420. The molecular formula is C13H19F2NS. The first-order valence-corrected chi connectivity index (χ1v) is 6.82. The molecule has 17 heavy (non-hydrogen) atoms. The van der Waals surface area contributed by atoms with E-state index in [1.54, 1.807) is 17.8 Å². The van der Waals surface area contributed by atoms with Crippen LogP contribution in [0.1, 0.15) is 20.3 Å². The molecule has 0 aromatic heterocycles. The number of rotatable bonds is 6. The summed E-state index contributed by atoms with van der Waals surface area (Å²) in [7, 11) is 1.93. The van der Waals surface area contributed by atoms with Gasteiger partial charge in [0.05, 0.1) is 0 Å². The first-order chi connectivity index (χ1) is 8.08. The molecule has 1 nitrogen and oxygen atoms in total. The molecule has 2 atom stereocenters. The summed E-state index contributed by atoms with van der Waals surface area (Å²) in [5.41, 5.74) is 0. The maximum Gasteiger partial charge on any atom is 0.159 e. The quantitative estimate of drug-likeness (QED) is 0.782. The molecule has 4 heteroatoms. The van der Waals surface area contributed by atoms with Crippen LogP contribution in [0.25, 0.3) is 0 Å². The normalized spacial score (nSPS) is 14.6. The van der Waals surface area contributed by atoms with Crippen LogP contribution in [0.3, 0.4) is 0 Å². The number of hydrogen-bond acceptors (Lipinski definition) is 2. The third-order valence-corrected chi connectivity index (χ3v) is 4.14. The smallest absolute Gasteiger partial charge is 0.159 e. The summed E-state index contributed by atoms with van der Waals surface area (Å²) in [5.74, 6) is -0.143. The minimum Gasteiger partial charge on any atom is -0.316 e. The van der Waals surface area contributed by atoms with Crippen molar-refractivity contribution < 1.29 is 8.78 Å². The molecule has 0 aliphatic carbocycles. The Morgan fingerprint density at radius 1 is 1.29 bits per heavy atom. The van der Waals surface area contributed by atoms with Gasteiger partial charge in [-0.3, -0.25) is 0 Å². The molecule has 1 aromatic carbocycles. The largest absolute Gasteiger partial charge is 0.316 e. The Hall–Kier alpha value is -0.610. The number of halogens is 2. The summed E-state index contributed by atoms with van der Waals surface area (Å²) in [5, 5.41) is 3.26. The van der Waals surface area contributed by atoms with E-state index >= 15 is 0 Å². The lowest BCUT2D eigenvalue weighted by Gasteiger charge is -2.21. The second-order valence-electron chi connectivity index (χ2n) is 4.17. The zero-order valence-electron chi connectivity index (χ0n) is 10.5. The summed E-state index contributed by atoms with van der Waals surface area (Å²) in [6, 6.07) is 4.43. The van der Waals surface area contributed by atoms with E-state index < -0.39 is 11.6 Å². The van der Waals surface area contributed by atoms with Gasteiger partial charge in [-0.25, -0.2) is 8.78 Å². The van der Waals surface area contributed by atoms with Crippen molar-refractivity contribution in [1.29, 1.82) is 0 Å². The van der Waals surface area contributed by atoms with Gasteiger partial charge < -0.3 is 5.32 Å². The first-order valence-electron chi connectivity index (χ1n) is 5.83. The zero-order valence-corrected chi connectivity index (χ0v) is 11.3. The summed E-state index contributed by atoms with van der Waals surface area (Å²) in [6.45, 7) is 4.34. The average Bonchev–Trinajstić information content (AvgIpc) is 2.33. The second-order valence-corrected chi connectivity index (χ2v) is 5.26. The summed E-state index contributed by atoms with van der Waals surface area (Å²) in [6.07, 6.45) is 1.10. The lowest BCUT2D eigenvalue weighted by atomic mass is 10.0. The van der Waals surface area contributed by atoms with Crippen molar-refractivity contribution in [3.63, 3.8) is 0 Å². The molecule has 96 valence electrons. The molecule has 0 heterocycles. The average molecular weight is 259 g/mol. The van der Waals surface area contributed by atoms with Crippen molar-refractivity contribution in [1.82, 2.24) is 5.32 Å². The highest BCUT2D eigenvalue weighted by molar-refractivity contribution is 7.99. The van der Waals surface area contributed by atoms with Gasteiger partial charge in [-0.05, 0) is 31.2 Å². The van der Waals surface area contributed by atoms with Crippen LogP contribution in [0.4, 0.5) is 8.78 Å². The summed E-state index contributed by atoms with van der Waals surface area (Å²) in [4.78, 5) is 0.771. The van der Waals surface area contributed by atoms with E-state index in [-0.39, 0.29) is 0 Å². The van der Waals surface area contributed by atoms with Gasteiger partial charge in [0.25, 0.3) is 0 Å². The summed E-state index contributed by atoms with van der Waals surface area (Å²) < 4.78 is 25.8. The number of thioether (sulfide) groups is 1. The zero-order chi connectivity index (χ0) is 12.8. The van der Waals surface area contributed by atoms with Gasteiger partial charge in [0, 0.05) is 16.7 Å². The first kappa shape index (κ1) is 14.5. The van der Waals surface area contributed by atoms with Gasteiger partial charge in [0.15, 0.2) is 11.6 Å². The Balaban J connectivity index is 2.56. The highest BCUT2D eigenvalue weighted by Crippen LogP contribution is 2.23. The highest BCUT2D eigenvalue weighted by Gasteiger charge is 2.14. The molecule has 1 N–H and O–H groups in total. The molecule has 1 aromatic rings. The van der Waals surface area contributed by atoms with Crippen LogP contribution < -0.4 is 5.32 Å². The molecule has 0 fully saturated rings. The van der Waals surface area contributed by atoms with E-state index in [1.807, 2.05) is 7.05 Å². The Morgan fingerprint density at radius 2 is 2.00 bits per heavy atom. The minimum absolute atomic E-state index is 0.387. The van der Waals surface area contributed by atoms with Crippen molar-refractivity contribution in [2.75, 3.05) is 12.8 Å². The van der Waals surface area contributed by atoms with Gasteiger partial charge in [0.2, 0.25) is 0 Å². The van der Waals surface area contributed by atoms with Crippen LogP contribution in [0, 0.1) is 17.6 Å². The molecular weight excluding hydrogens is 240 g/mol. The molecule has 0 saturated carbocycles. The molecule has 0 aliphatic heterocycles. The van der Waals surface area contributed by atoms with Gasteiger partial charge in [-0.1, -0.05) is 20.3 Å². The number of benzene rings is 1. The highest BCUT2D eigenvalue weighted by atomic mass is 32.2. The van der Waals surface area contributed by atoms with E-state index in [0.29, 0.717) is 12.0 Å². The van der Waals surface area contributed by atoms with Crippen molar-refractivity contribution in [3.05, 3.63) is 29.8 Å². The molecule has 0 saturated heterocycles. The van der Waals surface area contributed by atoms with E-state index in [2.05, 4.69) is 19.2 Å². The fraction of sp³-hybridized carbons (Fsp3) is 0.538. The Kier molecular flexibility index (Phi) is 5.92. The van der Waals surface area contributed by atoms with E-state index in [9.17, 15) is 8.78 Å². The van der Waals surface area contributed by atoms with E-state index in [4.69, 9.17) is 0 Å². The van der Waals surface area contributed by atoms with Gasteiger partial charge in [0.1, 0.15) is 0 Å². The van der Waals surface area contributed by atoms with Crippen LogP contribution in [0.15, 0.2) is 23.1 Å². The van der Waals surface area contributed by atoms with Crippen LogP contribution in [0.5, 0.6) is 0 Å². The molecule has 2 unspecified atom stereocenters. The predicted molar refractivity (Wildman–Crippen MR) is 69.4 cm³/mol. The Labute approximate surface area is 106 Å². The van der Waals surface area contributed by atoms with Crippen LogP contribution in [0.2, 0.25) is 0 Å². The van der Waals surface area contributed by atoms with Gasteiger partial charge in [-0.2, -0.15) is 0 Å². The minimum atomic E-state index is -0.790. The predicted octanol–water partition coefficient (Wildman–Crippen LogP) is 3.69. The van der Waals surface area contributed by atoms with Crippen LogP contribution in [-0.2, 0) is 0 Å². The molecule has 0 aliphatic rings. The SMILES string of the molecule is CCC(C)C(CSc1ccc(F)c(F)c1)NC. The topological polar surface area (TPSA) is 12.0 Å². The fourth-order valence-corrected chi connectivity index (χ4v) is 2.79. The summed E-state index contributed by atoms with van der Waals surface area (Å²) >= 11 is 1.55. The van der Waals surface area contributed by atoms with Gasteiger partial charge in [-0.15, -0.1) is 11.8 Å². The number of nitrogens with one attached hydrogen (secondary N) is 1. The lowest BCUT2D eigenvalue weighted by Crippen LogP contribution is -2.34. The van der Waals surface area contributed by atoms with E-state index in [1.165, 1.54) is 12.1 Å². The Bertz CT molecular complexity index is 357. The van der Waals surface area contributed by atoms with Crippen molar-refractivity contribution >= 4 is 11.8 Å². The van der Waals surface area contributed by atoms with Gasteiger partial charge >= 0.3 is 0 Å². The maximum absolute atomic E-state index is 13.0. The fourth-order valence-electron chi connectivity index (χ4n) is 1.57. The van der Waals surface area contributed by atoms with Crippen LogP contribution >= 0.6 is 11.8 Å². The van der Waals surface area contributed by atoms with Crippen molar-refractivity contribution in [2.24, 2.45) is 5.92 Å². The van der Waals surface area contributed by atoms with Crippen molar-refractivity contribution in [3.8, 4) is 0 Å². The Morgan fingerprint density at radius 3 is 2.53 bits per heavy atom. The molecule has 0 radical (unpaired) electrons. The number of hydrogen-bond donors (Lipinski definition) is 1. The third-order valence-electron chi connectivity index (χ3n) is 3.02. The molecule has 1 rings (SSSR count). The maximum atomic E-state index is 13.0. The van der Waals surface area contributed by atoms with Crippen molar-refractivity contribution in [2.45, 2.75) is 31.2 Å². The molecule has 0 amide bonds. The van der Waals surface area contributed by atoms with E-state index in [0.717, 1.165) is 17.1 Å². The molecule has 0 spiro atoms. The van der Waals surface area contributed by atoms with Crippen LogP contribution in [-0.4, -0.2) is 18.8 Å².